The van der Waals surface area contributed by atoms with E-state index in [0.29, 0.717) is 5.75 Å². The second-order valence-corrected chi connectivity index (χ2v) is 8.10. The summed E-state index contributed by atoms with van der Waals surface area (Å²) in [7, 11) is -2.78. The number of rotatable bonds is 8. The van der Waals surface area contributed by atoms with Crippen molar-refractivity contribution >= 4 is 44.6 Å². The van der Waals surface area contributed by atoms with Crippen molar-refractivity contribution in [3.8, 4) is 5.75 Å². The van der Waals surface area contributed by atoms with E-state index in [1.54, 1.807) is 18.2 Å². The number of hydrazone groups is 1. The van der Waals surface area contributed by atoms with Crippen LogP contribution in [0, 0.1) is 10.1 Å². The molecule has 1 aromatic heterocycles. The minimum Gasteiger partial charge on any atom is -0.495 e. The fraction of sp³-hybridized carbons (Fsp3) is 0.0556. The number of benzene rings is 2. The number of nitrogens with one attached hydrogen (secondary N) is 2. The summed E-state index contributed by atoms with van der Waals surface area (Å²) in [6.07, 6.45) is 1.52. The number of hydrogen-bond acceptors (Lipinski definition) is 8. The van der Waals surface area contributed by atoms with Crippen LogP contribution in [0.15, 0.2) is 69.3 Å². The third kappa shape index (κ3) is 4.89. The maximum absolute atomic E-state index is 13.0. The number of nitro benzene ring substituents is 1. The average molecular weight is 432 g/mol. The Balaban J connectivity index is 1.97. The second-order valence-electron chi connectivity index (χ2n) is 5.67. The molecule has 2 N–H and O–H groups in total. The molecule has 3 aromatic rings. The van der Waals surface area contributed by atoms with Crippen LogP contribution in [0.1, 0.15) is 5.56 Å². The van der Waals surface area contributed by atoms with Crippen LogP contribution in [0.25, 0.3) is 0 Å². The topological polar surface area (TPSA) is 123 Å². The number of para-hydroxylation sites is 2. The number of hydrogen-bond donors (Lipinski definition) is 2. The number of thiophene rings is 1. The van der Waals surface area contributed by atoms with E-state index in [-0.39, 0.29) is 22.0 Å². The van der Waals surface area contributed by atoms with Gasteiger partial charge in [-0.05, 0) is 35.0 Å². The van der Waals surface area contributed by atoms with Gasteiger partial charge in [0, 0.05) is 17.7 Å². The number of ether oxygens (including phenoxy) is 1. The molecular weight excluding hydrogens is 416 g/mol. The van der Waals surface area contributed by atoms with E-state index >= 15 is 0 Å². The first-order valence-corrected chi connectivity index (χ1v) is 10.6. The largest absolute Gasteiger partial charge is 0.495 e. The third-order valence-corrected chi connectivity index (χ3v) is 5.87. The van der Waals surface area contributed by atoms with Crippen molar-refractivity contribution in [2.45, 2.75) is 4.90 Å². The van der Waals surface area contributed by atoms with Gasteiger partial charge in [-0.25, -0.2) is 8.42 Å². The molecular formula is C18H16N4O5S2. The lowest BCUT2D eigenvalue weighted by Crippen LogP contribution is -2.15. The Labute approximate surface area is 170 Å². The van der Waals surface area contributed by atoms with E-state index < -0.39 is 14.9 Å². The molecule has 0 aliphatic rings. The fourth-order valence-electron chi connectivity index (χ4n) is 2.39. The number of nitro groups is 1. The first kappa shape index (κ1) is 20.3. The summed E-state index contributed by atoms with van der Waals surface area (Å²) < 4.78 is 33.5. The van der Waals surface area contributed by atoms with E-state index in [4.69, 9.17) is 4.74 Å². The molecule has 0 bridgehead atoms. The fourth-order valence-corrected chi connectivity index (χ4v) is 4.25. The molecule has 0 radical (unpaired) electrons. The lowest BCUT2D eigenvalue weighted by Gasteiger charge is -2.14. The Kier molecular flexibility index (Phi) is 6.10. The van der Waals surface area contributed by atoms with Gasteiger partial charge in [-0.3, -0.25) is 20.3 Å². The monoisotopic (exact) mass is 432 g/mol. The number of anilines is 2. The Morgan fingerprint density at radius 1 is 1.17 bits per heavy atom. The summed E-state index contributed by atoms with van der Waals surface area (Å²) in [6.45, 7) is 0. The molecule has 1 heterocycles. The van der Waals surface area contributed by atoms with Crippen LogP contribution in [0.4, 0.5) is 17.1 Å². The Hall–Kier alpha value is -3.44. The molecule has 11 heteroatoms. The maximum atomic E-state index is 13.0. The Bertz CT molecular complexity index is 1140. The highest BCUT2D eigenvalue weighted by Crippen LogP contribution is 2.31. The molecule has 0 atom stereocenters. The Morgan fingerprint density at radius 3 is 2.66 bits per heavy atom. The van der Waals surface area contributed by atoms with Gasteiger partial charge in [0.05, 0.1) is 29.6 Å². The van der Waals surface area contributed by atoms with Crippen molar-refractivity contribution in [1.29, 1.82) is 0 Å². The third-order valence-electron chi connectivity index (χ3n) is 3.76. The molecule has 9 nitrogen and oxygen atoms in total. The molecule has 0 aliphatic heterocycles. The molecule has 0 amide bonds. The van der Waals surface area contributed by atoms with Crippen LogP contribution in [0.2, 0.25) is 0 Å². The van der Waals surface area contributed by atoms with E-state index in [0.717, 1.165) is 11.6 Å². The number of nitrogens with zero attached hydrogens (tertiary/aromatic N) is 2. The smallest absolute Gasteiger partial charge is 0.270 e. The van der Waals surface area contributed by atoms with E-state index in [1.807, 2.05) is 16.8 Å². The van der Waals surface area contributed by atoms with Gasteiger partial charge in [-0.15, -0.1) is 0 Å². The zero-order valence-electron chi connectivity index (χ0n) is 15.1. The van der Waals surface area contributed by atoms with Crippen molar-refractivity contribution in [3.63, 3.8) is 0 Å². The minimum absolute atomic E-state index is 0.0875. The lowest BCUT2D eigenvalue weighted by molar-refractivity contribution is -0.385. The highest BCUT2D eigenvalue weighted by atomic mass is 32.2. The van der Waals surface area contributed by atoms with Gasteiger partial charge in [0.25, 0.3) is 15.7 Å². The maximum Gasteiger partial charge on any atom is 0.270 e. The quantitative estimate of drug-likeness (QED) is 0.316. The van der Waals surface area contributed by atoms with Crippen LogP contribution >= 0.6 is 11.3 Å². The normalized spacial score (nSPS) is 11.3. The highest BCUT2D eigenvalue weighted by Gasteiger charge is 2.23. The lowest BCUT2D eigenvalue weighted by atomic mass is 10.3. The summed E-state index contributed by atoms with van der Waals surface area (Å²) in [5.74, 6) is 0.312. The van der Waals surface area contributed by atoms with Crippen molar-refractivity contribution in [2.24, 2.45) is 5.10 Å². The molecule has 0 fully saturated rings. The van der Waals surface area contributed by atoms with Crippen LogP contribution in [0.5, 0.6) is 5.75 Å². The van der Waals surface area contributed by atoms with Crippen LogP contribution in [-0.2, 0) is 10.0 Å². The molecule has 2 aromatic carbocycles. The minimum atomic E-state index is -4.19. The van der Waals surface area contributed by atoms with E-state index in [9.17, 15) is 18.5 Å². The summed E-state index contributed by atoms with van der Waals surface area (Å²) >= 11 is 1.49. The van der Waals surface area contributed by atoms with Gasteiger partial charge in [-0.1, -0.05) is 12.1 Å². The zero-order chi connectivity index (χ0) is 20.9. The molecule has 150 valence electrons. The van der Waals surface area contributed by atoms with Gasteiger partial charge in [0.1, 0.15) is 10.6 Å². The van der Waals surface area contributed by atoms with Gasteiger partial charge in [0.2, 0.25) is 0 Å². The van der Waals surface area contributed by atoms with E-state index in [1.165, 1.54) is 42.9 Å². The predicted molar refractivity (Wildman–Crippen MR) is 112 cm³/mol. The molecule has 0 spiro atoms. The first-order chi connectivity index (χ1) is 13.9. The molecule has 0 saturated carbocycles. The molecule has 3 rings (SSSR count). The molecule has 0 saturated heterocycles. The summed E-state index contributed by atoms with van der Waals surface area (Å²) in [5.41, 5.74) is 3.40. The van der Waals surface area contributed by atoms with Crippen LogP contribution in [-0.4, -0.2) is 26.7 Å². The van der Waals surface area contributed by atoms with Crippen molar-refractivity contribution < 1.29 is 18.1 Å². The number of methoxy groups -OCH3 is 1. The SMILES string of the molecule is COc1ccccc1NS(=O)(=O)c1cc([N+](=O)[O-])ccc1N/N=C/c1ccsc1. The van der Waals surface area contributed by atoms with Gasteiger partial charge >= 0.3 is 0 Å². The van der Waals surface area contributed by atoms with E-state index in [2.05, 4.69) is 15.2 Å². The van der Waals surface area contributed by atoms with Crippen molar-refractivity contribution in [1.82, 2.24) is 0 Å². The second kappa shape index (κ2) is 8.71. The van der Waals surface area contributed by atoms with Gasteiger partial charge in [0.15, 0.2) is 0 Å². The zero-order valence-corrected chi connectivity index (χ0v) is 16.7. The molecule has 29 heavy (non-hydrogen) atoms. The van der Waals surface area contributed by atoms with Crippen LogP contribution in [0.3, 0.4) is 0 Å². The summed E-state index contributed by atoms with van der Waals surface area (Å²) in [4.78, 5) is 10.2. The number of sulfonamides is 1. The first-order valence-electron chi connectivity index (χ1n) is 8.16. The summed E-state index contributed by atoms with van der Waals surface area (Å²) in [6, 6.07) is 11.7. The van der Waals surface area contributed by atoms with Gasteiger partial charge in [-0.2, -0.15) is 16.4 Å². The highest BCUT2D eigenvalue weighted by molar-refractivity contribution is 7.93. The predicted octanol–water partition coefficient (Wildman–Crippen LogP) is 3.91. The van der Waals surface area contributed by atoms with Crippen molar-refractivity contribution in [2.75, 3.05) is 17.3 Å². The molecule has 0 unspecified atom stereocenters. The standard InChI is InChI=1S/C18H16N4O5S2/c1-27-17-5-3-2-4-15(17)21-29(25,26)18-10-14(22(23)24)6-7-16(18)20-19-11-13-8-9-28-12-13/h2-12,20-21H,1H3/b19-11+. The van der Waals surface area contributed by atoms with Gasteiger partial charge < -0.3 is 4.74 Å². The van der Waals surface area contributed by atoms with Crippen LogP contribution < -0.4 is 14.9 Å². The molecule has 0 aliphatic carbocycles. The summed E-state index contributed by atoms with van der Waals surface area (Å²) in [5, 5.41) is 18.9. The number of non-ortho nitro benzene ring substituents is 1. The Morgan fingerprint density at radius 2 is 1.97 bits per heavy atom. The average Bonchev–Trinajstić information content (AvgIpc) is 3.21. The van der Waals surface area contributed by atoms with Crippen molar-refractivity contribution in [3.05, 3.63) is 75.0 Å².